The molecule has 2 aromatic rings. The van der Waals surface area contributed by atoms with E-state index < -0.39 is 10.0 Å². The van der Waals surface area contributed by atoms with Gasteiger partial charge in [-0.2, -0.15) is 0 Å². The Morgan fingerprint density at radius 1 is 1.23 bits per heavy atom. The molecule has 8 heteroatoms. The predicted molar refractivity (Wildman–Crippen MR) is 99.3 cm³/mol. The number of benzene rings is 2. The second kappa shape index (κ2) is 7.38. The monoisotopic (exact) mass is 394 g/mol. The maximum absolute atomic E-state index is 13.6. The molecule has 1 aliphatic heterocycles. The lowest BCUT2D eigenvalue weighted by atomic mass is 10.0. The van der Waals surface area contributed by atoms with Crippen LogP contribution < -0.4 is 5.32 Å². The first-order chi connectivity index (χ1) is 12.3. The van der Waals surface area contributed by atoms with Crippen LogP contribution >= 0.6 is 11.8 Å². The highest BCUT2D eigenvalue weighted by Crippen LogP contribution is 2.36. The summed E-state index contributed by atoms with van der Waals surface area (Å²) < 4.78 is 39.2. The standard InChI is InChI=1S/C18H19FN2O3S2/c1-21(2)26(23,24)14-5-3-4-12(10-14)18(22)20-16-8-9-25-17-7-6-13(19)11-15(16)17/h3-7,10-11,16H,8-9H2,1-2H3,(H,20,22)/t16-/m1/s1. The number of nitrogens with one attached hydrogen (secondary N) is 1. The van der Waals surface area contributed by atoms with Crippen LogP contribution in [0.15, 0.2) is 52.3 Å². The highest BCUT2D eigenvalue weighted by Gasteiger charge is 2.24. The molecule has 1 atom stereocenters. The van der Waals surface area contributed by atoms with Crippen LogP contribution in [0.2, 0.25) is 0 Å². The van der Waals surface area contributed by atoms with Gasteiger partial charge in [0, 0.05) is 30.3 Å². The van der Waals surface area contributed by atoms with E-state index in [4.69, 9.17) is 0 Å². The van der Waals surface area contributed by atoms with Crippen molar-refractivity contribution in [1.29, 1.82) is 0 Å². The number of nitrogens with zero attached hydrogens (tertiary/aromatic N) is 1. The Bertz CT molecular complexity index is 945. The SMILES string of the molecule is CN(C)S(=O)(=O)c1cccc(C(=O)N[C@@H]2CCSc3ccc(F)cc32)c1. The fourth-order valence-electron chi connectivity index (χ4n) is 2.77. The summed E-state index contributed by atoms with van der Waals surface area (Å²) in [4.78, 5) is 13.6. The summed E-state index contributed by atoms with van der Waals surface area (Å²) >= 11 is 1.63. The van der Waals surface area contributed by atoms with Crippen molar-refractivity contribution in [3.05, 3.63) is 59.4 Å². The smallest absolute Gasteiger partial charge is 0.251 e. The number of hydrogen-bond donors (Lipinski definition) is 1. The highest BCUT2D eigenvalue weighted by atomic mass is 32.2. The van der Waals surface area contributed by atoms with Gasteiger partial charge >= 0.3 is 0 Å². The van der Waals surface area contributed by atoms with Crippen molar-refractivity contribution in [1.82, 2.24) is 9.62 Å². The Hall–Kier alpha value is -1.90. The zero-order valence-electron chi connectivity index (χ0n) is 14.4. The number of hydrogen-bond acceptors (Lipinski definition) is 4. The molecular formula is C18H19FN2O3S2. The Kier molecular flexibility index (Phi) is 5.36. The summed E-state index contributed by atoms with van der Waals surface area (Å²) in [5, 5.41) is 2.90. The Morgan fingerprint density at radius 3 is 2.73 bits per heavy atom. The normalized spacial score (nSPS) is 17.0. The van der Waals surface area contributed by atoms with Crippen molar-refractivity contribution < 1.29 is 17.6 Å². The van der Waals surface area contributed by atoms with Crippen molar-refractivity contribution in [2.24, 2.45) is 0 Å². The quantitative estimate of drug-likeness (QED) is 0.866. The summed E-state index contributed by atoms with van der Waals surface area (Å²) in [6, 6.07) is 10.2. The minimum atomic E-state index is -3.62. The molecule has 0 spiro atoms. The molecule has 1 N–H and O–H groups in total. The molecule has 1 heterocycles. The first-order valence-electron chi connectivity index (χ1n) is 8.05. The van der Waals surface area contributed by atoms with Gasteiger partial charge in [-0.3, -0.25) is 4.79 Å². The number of thioether (sulfide) groups is 1. The molecule has 1 amide bonds. The number of halogens is 1. The van der Waals surface area contributed by atoms with E-state index in [1.807, 2.05) is 0 Å². The van der Waals surface area contributed by atoms with Gasteiger partial charge in [0.15, 0.2) is 0 Å². The van der Waals surface area contributed by atoms with Gasteiger partial charge in [-0.1, -0.05) is 6.07 Å². The van der Waals surface area contributed by atoms with Crippen molar-refractivity contribution >= 4 is 27.7 Å². The second-order valence-electron chi connectivity index (χ2n) is 6.16. The van der Waals surface area contributed by atoms with Crippen molar-refractivity contribution in [2.75, 3.05) is 19.8 Å². The minimum absolute atomic E-state index is 0.0563. The van der Waals surface area contributed by atoms with Crippen LogP contribution in [0, 0.1) is 5.82 Å². The lowest BCUT2D eigenvalue weighted by Gasteiger charge is -2.26. The molecule has 0 bridgehead atoms. The van der Waals surface area contributed by atoms with Crippen LogP contribution in [0.25, 0.3) is 0 Å². The van der Waals surface area contributed by atoms with E-state index in [0.29, 0.717) is 6.42 Å². The zero-order valence-corrected chi connectivity index (χ0v) is 16.0. The molecule has 2 aromatic carbocycles. The molecule has 26 heavy (non-hydrogen) atoms. The second-order valence-corrected chi connectivity index (χ2v) is 9.45. The maximum atomic E-state index is 13.6. The first kappa shape index (κ1) is 18.9. The molecule has 0 saturated heterocycles. The first-order valence-corrected chi connectivity index (χ1v) is 10.5. The summed E-state index contributed by atoms with van der Waals surface area (Å²) in [6.07, 6.45) is 0.683. The lowest BCUT2D eigenvalue weighted by molar-refractivity contribution is 0.0934. The van der Waals surface area contributed by atoms with Gasteiger partial charge in [0.1, 0.15) is 5.82 Å². The lowest BCUT2D eigenvalue weighted by Crippen LogP contribution is -2.31. The maximum Gasteiger partial charge on any atom is 0.251 e. The van der Waals surface area contributed by atoms with E-state index in [-0.39, 0.29) is 28.2 Å². The van der Waals surface area contributed by atoms with E-state index >= 15 is 0 Å². The van der Waals surface area contributed by atoms with Crippen LogP contribution in [0.1, 0.15) is 28.4 Å². The molecule has 0 fully saturated rings. The summed E-state index contributed by atoms with van der Waals surface area (Å²) in [5.41, 5.74) is 1.01. The molecule has 0 radical (unpaired) electrons. The number of carbonyl (C=O) groups excluding carboxylic acids is 1. The average Bonchev–Trinajstić information content (AvgIpc) is 2.62. The van der Waals surface area contributed by atoms with E-state index in [9.17, 15) is 17.6 Å². The van der Waals surface area contributed by atoms with Crippen molar-refractivity contribution in [3.63, 3.8) is 0 Å². The average molecular weight is 394 g/mol. The molecule has 138 valence electrons. The Morgan fingerprint density at radius 2 is 2.00 bits per heavy atom. The van der Waals surface area contributed by atoms with Crippen molar-refractivity contribution in [2.45, 2.75) is 22.3 Å². The summed E-state index contributed by atoms with van der Waals surface area (Å²) in [6.45, 7) is 0. The minimum Gasteiger partial charge on any atom is -0.345 e. The Labute approximate surface area is 156 Å². The van der Waals surface area contributed by atoms with Gasteiger partial charge in [-0.15, -0.1) is 11.8 Å². The third-order valence-corrected chi connectivity index (χ3v) is 7.13. The summed E-state index contributed by atoms with van der Waals surface area (Å²) in [5.74, 6) is 0.0935. The van der Waals surface area contributed by atoms with Crippen LogP contribution in [-0.2, 0) is 10.0 Å². The van der Waals surface area contributed by atoms with E-state index in [0.717, 1.165) is 20.5 Å². The van der Waals surface area contributed by atoms with Crippen LogP contribution in [-0.4, -0.2) is 38.5 Å². The van der Waals surface area contributed by atoms with Gasteiger partial charge < -0.3 is 5.32 Å². The largest absolute Gasteiger partial charge is 0.345 e. The molecule has 5 nitrogen and oxygen atoms in total. The molecule has 1 aliphatic rings. The van der Waals surface area contributed by atoms with Gasteiger partial charge in [0.2, 0.25) is 10.0 Å². The van der Waals surface area contributed by atoms with E-state index in [2.05, 4.69) is 5.32 Å². The number of sulfonamides is 1. The Balaban J connectivity index is 1.85. The highest BCUT2D eigenvalue weighted by molar-refractivity contribution is 7.99. The summed E-state index contributed by atoms with van der Waals surface area (Å²) in [7, 11) is -0.744. The third-order valence-electron chi connectivity index (χ3n) is 4.19. The fourth-order valence-corrected chi connectivity index (χ4v) is 4.82. The number of amides is 1. The molecular weight excluding hydrogens is 375 g/mol. The van der Waals surface area contributed by atoms with Gasteiger partial charge in [0.25, 0.3) is 5.91 Å². The zero-order chi connectivity index (χ0) is 18.9. The number of rotatable bonds is 4. The number of fused-ring (bicyclic) bond motifs is 1. The molecule has 3 rings (SSSR count). The van der Waals surface area contributed by atoms with E-state index in [1.165, 1.54) is 44.4 Å². The number of carbonyl (C=O) groups is 1. The molecule has 0 saturated carbocycles. The predicted octanol–water partition coefficient (Wildman–Crippen LogP) is 3.04. The molecule has 0 aromatic heterocycles. The van der Waals surface area contributed by atoms with Gasteiger partial charge in [-0.05, 0) is 48.4 Å². The van der Waals surface area contributed by atoms with Crippen LogP contribution in [0.5, 0.6) is 0 Å². The van der Waals surface area contributed by atoms with Gasteiger partial charge in [-0.25, -0.2) is 17.1 Å². The fraction of sp³-hybridized carbons (Fsp3) is 0.278. The topological polar surface area (TPSA) is 66.5 Å². The van der Waals surface area contributed by atoms with Crippen LogP contribution in [0.3, 0.4) is 0 Å². The molecule has 0 aliphatic carbocycles. The van der Waals surface area contributed by atoms with Crippen LogP contribution in [0.4, 0.5) is 4.39 Å². The van der Waals surface area contributed by atoms with Gasteiger partial charge in [0.05, 0.1) is 10.9 Å². The molecule has 0 unspecified atom stereocenters. The van der Waals surface area contributed by atoms with E-state index in [1.54, 1.807) is 23.9 Å². The van der Waals surface area contributed by atoms with Crippen molar-refractivity contribution in [3.8, 4) is 0 Å². The third kappa shape index (κ3) is 3.77.